The first-order valence-corrected chi connectivity index (χ1v) is 10.5. The molecule has 0 saturated heterocycles. The Labute approximate surface area is 177 Å². The van der Waals surface area contributed by atoms with Gasteiger partial charge in [-0.3, -0.25) is 0 Å². The summed E-state index contributed by atoms with van der Waals surface area (Å²) in [5, 5.41) is 1.87. The molecule has 0 amide bonds. The minimum Gasteiger partial charge on any atom is -0.323 e. The Hall–Kier alpha value is -1.65. The molecular weight excluding hydrogens is 419 g/mol. The third-order valence-electron chi connectivity index (χ3n) is 4.24. The highest BCUT2D eigenvalue weighted by Crippen LogP contribution is 2.28. The quantitative estimate of drug-likeness (QED) is 0.306. The fourth-order valence-corrected chi connectivity index (χ4v) is 4.20. The van der Waals surface area contributed by atoms with Crippen molar-refractivity contribution in [3.8, 4) is 0 Å². The van der Waals surface area contributed by atoms with Crippen molar-refractivity contribution in [3.05, 3.63) is 93.2 Å². The van der Waals surface area contributed by atoms with Crippen LogP contribution in [-0.2, 0) is 12.3 Å². The predicted octanol–water partition coefficient (Wildman–Crippen LogP) is 7.34. The molecule has 0 unspecified atom stereocenters. The summed E-state index contributed by atoms with van der Waals surface area (Å²) in [5.74, 6) is 1.78. The van der Waals surface area contributed by atoms with Gasteiger partial charge in [-0.05, 0) is 54.1 Å². The molecule has 136 valence electrons. The van der Waals surface area contributed by atoms with E-state index >= 15 is 0 Å². The molecule has 0 saturated carbocycles. The van der Waals surface area contributed by atoms with E-state index in [0.717, 1.165) is 38.1 Å². The molecule has 1 aromatic heterocycles. The van der Waals surface area contributed by atoms with Crippen LogP contribution in [0.25, 0.3) is 11.0 Å². The van der Waals surface area contributed by atoms with Crippen LogP contribution in [0.15, 0.2) is 71.6 Å². The van der Waals surface area contributed by atoms with Gasteiger partial charge in [-0.15, -0.1) is 11.8 Å². The molecule has 0 spiro atoms. The van der Waals surface area contributed by atoms with Crippen LogP contribution in [0.1, 0.15) is 11.4 Å². The molecule has 0 atom stereocenters. The van der Waals surface area contributed by atoms with Gasteiger partial charge in [0.05, 0.1) is 26.8 Å². The molecule has 4 aromatic rings. The van der Waals surface area contributed by atoms with E-state index in [0.29, 0.717) is 16.6 Å². The topological polar surface area (TPSA) is 17.8 Å². The average Bonchev–Trinajstić information content (AvgIpc) is 3.02. The lowest BCUT2D eigenvalue weighted by Gasteiger charge is -2.10. The highest BCUT2D eigenvalue weighted by Gasteiger charge is 2.12. The number of imidazole rings is 1. The molecule has 0 bridgehead atoms. The summed E-state index contributed by atoms with van der Waals surface area (Å²) in [4.78, 5) is 6.00. The number of benzene rings is 3. The van der Waals surface area contributed by atoms with E-state index in [2.05, 4.69) is 10.6 Å². The van der Waals surface area contributed by atoms with Crippen LogP contribution in [0.3, 0.4) is 0 Å². The molecule has 0 aliphatic rings. The van der Waals surface area contributed by atoms with E-state index < -0.39 is 0 Å². The van der Waals surface area contributed by atoms with Gasteiger partial charge >= 0.3 is 0 Å². The van der Waals surface area contributed by atoms with Gasteiger partial charge in [-0.2, -0.15) is 0 Å². The molecule has 1 heterocycles. The summed E-state index contributed by atoms with van der Waals surface area (Å²) >= 11 is 20.0. The van der Waals surface area contributed by atoms with Crippen LogP contribution >= 0.6 is 46.6 Å². The maximum Gasteiger partial charge on any atom is 0.120 e. The zero-order valence-electron chi connectivity index (χ0n) is 14.2. The third kappa shape index (κ3) is 4.27. The average molecular weight is 434 g/mol. The van der Waals surface area contributed by atoms with Crippen molar-refractivity contribution in [3.63, 3.8) is 0 Å². The standard InChI is InChI=1S/C21H15Cl3N2S/c22-15-6-8-16(9-7-15)27-13-21-25-19-3-1-2-4-20(19)26(21)12-14-5-10-17(23)18(24)11-14/h1-11H,12-13H2. The summed E-state index contributed by atoms with van der Waals surface area (Å²) in [6.07, 6.45) is 0. The zero-order chi connectivity index (χ0) is 18.8. The van der Waals surface area contributed by atoms with Gasteiger partial charge in [0.15, 0.2) is 0 Å². The van der Waals surface area contributed by atoms with E-state index in [4.69, 9.17) is 39.8 Å². The first-order chi connectivity index (χ1) is 13.1. The molecule has 0 fully saturated rings. The van der Waals surface area contributed by atoms with Crippen molar-refractivity contribution in [2.24, 2.45) is 0 Å². The summed E-state index contributed by atoms with van der Waals surface area (Å²) < 4.78 is 2.23. The summed E-state index contributed by atoms with van der Waals surface area (Å²) in [7, 11) is 0. The van der Waals surface area contributed by atoms with Crippen molar-refractivity contribution >= 4 is 57.6 Å². The van der Waals surface area contributed by atoms with Crippen molar-refractivity contribution in [2.45, 2.75) is 17.2 Å². The van der Waals surface area contributed by atoms with E-state index in [1.165, 1.54) is 0 Å². The number of thioether (sulfide) groups is 1. The number of nitrogens with zero attached hydrogens (tertiary/aromatic N) is 2. The van der Waals surface area contributed by atoms with Crippen LogP contribution in [-0.4, -0.2) is 9.55 Å². The molecule has 4 rings (SSSR count). The maximum absolute atomic E-state index is 6.19. The Balaban J connectivity index is 1.66. The minimum absolute atomic E-state index is 0.564. The lowest BCUT2D eigenvalue weighted by molar-refractivity contribution is 0.780. The molecular formula is C21H15Cl3N2S. The van der Waals surface area contributed by atoms with E-state index in [9.17, 15) is 0 Å². The molecule has 27 heavy (non-hydrogen) atoms. The predicted molar refractivity (Wildman–Crippen MR) is 116 cm³/mol. The van der Waals surface area contributed by atoms with Gasteiger partial charge in [-0.1, -0.05) is 53.0 Å². The van der Waals surface area contributed by atoms with Gasteiger partial charge in [0.1, 0.15) is 5.82 Å². The second kappa shape index (κ2) is 8.15. The Morgan fingerprint density at radius 2 is 1.63 bits per heavy atom. The Kier molecular flexibility index (Phi) is 5.65. The fraction of sp³-hybridized carbons (Fsp3) is 0.0952. The zero-order valence-corrected chi connectivity index (χ0v) is 17.3. The van der Waals surface area contributed by atoms with Crippen molar-refractivity contribution < 1.29 is 0 Å². The second-order valence-electron chi connectivity index (χ2n) is 6.09. The lowest BCUT2D eigenvalue weighted by atomic mass is 10.2. The number of aromatic nitrogens is 2. The maximum atomic E-state index is 6.19. The molecule has 0 aliphatic heterocycles. The third-order valence-corrected chi connectivity index (χ3v) is 6.24. The molecule has 0 aliphatic carbocycles. The summed E-state index contributed by atoms with van der Waals surface area (Å²) in [6, 6.07) is 21.8. The van der Waals surface area contributed by atoms with Crippen LogP contribution in [0.2, 0.25) is 15.1 Å². The van der Waals surface area contributed by atoms with E-state index in [1.54, 1.807) is 11.8 Å². The van der Waals surface area contributed by atoms with Crippen LogP contribution in [0.5, 0.6) is 0 Å². The number of halogens is 3. The van der Waals surface area contributed by atoms with Gasteiger partial charge in [0, 0.05) is 16.5 Å². The van der Waals surface area contributed by atoms with Gasteiger partial charge in [-0.25, -0.2) is 4.98 Å². The monoisotopic (exact) mass is 432 g/mol. The van der Waals surface area contributed by atoms with Crippen molar-refractivity contribution in [2.75, 3.05) is 0 Å². The van der Waals surface area contributed by atoms with Gasteiger partial charge in [0.2, 0.25) is 0 Å². The SMILES string of the molecule is Clc1ccc(SCc2nc3ccccc3n2Cc2ccc(Cl)c(Cl)c2)cc1. The lowest BCUT2D eigenvalue weighted by Crippen LogP contribution is -2.04. The number of hydrogen-bond donors (Lipinski definition) is 0. The smallest absolute Gasteiger partial charge is 0.120 e. The first-order valence-electron chi connectivity index (χ1n) is 8.36. The molecule has 6 heteroatoms. The Morgan fingerprint density at radius 3 is 2.41 bits per heavy atom. The highest BCUT2D eigenvalue weighted by molar-refractivity contribution is 7.98. The minimum atomic E-state index is 0.564. The summed E-state index contributed by atoms with van der Waals surface area (Å²) in [5.41, 5.74) is 3.19. The molecule has 0 radical (unpaired) electrons. The van der Waals surface area contributed by atoms with Gasteiger partial charge < -0.3 is 4.57 Å². The Bertz CT molecular complexity index is 1090. The number of para-hydroxylation sites is 2. The highest BCUT2D eigenvalue weighted by atomic mass is 35.5. The molecule has 0 N–H and O–H groups in total. The second-order valence-corrected chi connectivity index (χ2v) is 8.39. The van der Waals surface area contributed by atoms with E-state index in [-0.39, 0.29) is 0 Å². The molecule has 2 nitrogen and oxygen atoms in total. The first kappa shape index (κ1) is 18.7. The summed E-state index contributed by atoms with van der Waals surface area (Å²) in [6.45, 7) is 0.688. The van der Waals surface area contributed by atoms with Crippen LogP contribution < -0.4 is 0 Å². The van der Waals surface area contributed by atoms with Crippen LogP contribution in [0.4, 0.5) is 0 Å². The number of fused-ring (bicyclic) bond motifs is 1. The van der Waals surface area contributed by atoms with Crippen LogP contribution in [0, 0.1) is 0 Å². The number of hydrogen-bond acceptors (Lipinski definition) is 2. The van der Waals surface area contributed by atoms with Gasteiger partial charge in [0.25, 0.3) is 0 Å². The number of rotatable bonds is 5. The Morgan fingerprint density at radius 1 is 0.852 bits per heavy atom. The van der Waals surface area contributed by atoms with Crippen molar-refractivity contribution in [1.29, 1.82) is 0 Å². The fourth-order valence-electron chi connectivity index (χ4n) is 2.91. The largest absolute Gasteiger partial charge is 0.323 e. The van der Waals surface area contributed by atoms with Crippen molar-refractivity contribution in [1.82, 2.24) is 9.55 Å². The normalized spacial score (nSPS) is 11.2. The van der Waals surface area contributed by atoms with E-state index in [1.807, 2.05) is 60.7 Å². The molecule has 3 aromatic carbocycles.